The Morgan fingerprint density at radius 3 is 2.42 bits per heavy atom. The topological polar surface area (TPSA) is 47.0 Å². The number of halogens is 3. The highest BCUT2D eigenvalue weighted by molar-refractivity contribution is 5.54. The van der Waals surface area contributed by atoms with Gasteiger partial charge in [0.15, 0.2) is 0 Å². The van der Waals surface area contributed by atoms with E-state index in [1.807, 2.05) is 31.2 Å². The number of ether oxygens (including phenoxy) is 1. The van der Waals surface area contributed by atoms with Crippen molar-refractivity contribution >= 4 is 11.6 Å². The molecule has 0 saturated carbocycles. The average Bonchev–Trinajstić information content (AvgIpc) is 2.55. The lowest BCUT2D eigenvalue weighted by Gasteiger charge is -2.14. The number of rotatable bonds is 8. The minimum Gasteiger partial charge on any atom is -0.477 e. The van der Waals surface area contributed by atoms with Crippen molar-refractivity contribution in [3.8, 4) is 5.88 Å². The fourth-order valence-corrected chi connectivity index (χ4v) is 2.37. The van der Waals surface area contributed by atoms with Crippen molar-refractivity contribution in [2.45, 2.75) is 46.2 Å². The van der Waals surface area contributed by atoms with Crippen molar-refractivity contribution in [2.75, 3.05) is 11.9 Å². The summed E-state index contributed by atoms with van der Waals surface area (Å²) >= 11 is 0. The quantitative estimate of drug-likeness (QED) is 0.616. The highest BCUT2D eigenvalue weighted by Gasteiger charge is 2.36. The Kier molecular flexibility index (Phi) is 6.83. The fourth-order valence-electron chi connectivity index (χ4n) is 2.37. The van der Waals surface area contributed by atoms with Crippen molar-refractivity contribution in [2.24, 2.45) is 5.92 Å². The molecule has 26 heavy (non-hydrogen) atoms. The summed E-state index contributed by atoms with van der Waals surface area (Å²) in [5.74, 6) is 0.177. The van der Waals surface area contributed by atoms with Crippen molar-refractivity contribution in [3.05, 3.63) is 41.6 Å². The molecule has 0 unspecified atom stereocenters. The third kappa shape index (κ3) is 5.89. The second-order valence-electron chi connectivity index (χ2n) is 6.53. The molecule has 2 aromatic rings. The highest BCUT2D eigenvalue weighted by Crippen LogP contribution is 2.35. The van der Waals surface area contributed by atoms with Crippen LogP contribution in [0.4, 0.5) is 24.8 Å². The van der Waals surface area contributed by atoms with Gasteiger partial charge in [-0.1, -0.05) is 39.3 Å². The molecule has 0 saturated heterocycles. The number of nitrogens with one attached hydrogen (secondary N) is 1. The van der Waals surface area contributed by atoms with E-state index in [2.05, 4.69) is 29.1 Å². The highest BCUT2D eigenvalue weighted by atomic mass is 19.4. The fraction of sp³-hybridized carbons (Fsp3) is 0.474. The van der Waals surface area contributed by atoms with Gasteiger partial charge >= 0.3 is 6.18 Å². The first-order chi connectivity index (χ1) is 12.3. The molecule has 0 bridgehead atoms. The zero-order valence-corrected chi connectivity index (χ0v) is 15.2. The van der Waals surface area contributed by atoms with Crippen LogP contribution in [0.15, 0.2) is 30.5 Å². The number of benzene rings is 1. The molecule has 0 radical (unpaired) electrons. The Morgan fingerprint density at radius 1 is 1.15 bits per heavy atom. The summed E-state index contributed by atoms with van der Waals surface area (Å²) in [6.07, 6.45) is -1.36. The smallest absolute Gasteiger partial charge is 0.423 e. The van der Waals surface area contributed by atoms with E-state index in [4.69, 9.17) is 4.74 Å². The Labute approximate surface area is 151 Å². The van der Waals surface area contributed by atoms with Crippen LogP contribution in [0.1, 0.15) is 44.7 Å². The van der Waals surface area contributed by atoms with Gasteiger partial charge in [-0.15, -0.1) is 0 Å². The van der Waals surface area contributed by atoms with Gasteiger partial charge in [-0.05, 0) is 36.5 Å². The van der Waals surface area contributed by atoms with Crippen LogP contribution in [0.25, 0.3) is 0 Å². The minimum absolute atomic E-state index is 0.0705. The molecule has 0 aliphatic carbocycles. The molecule has 1 aromatic carbocycles. The normalized spacial score (nSPS) is 11.7. The van der Waals surface area contributed by atoms with Crippen LogP contribution in [0.2, 0.25) is 0 Å². The van der Waals surface area contributed by atoms with E-state index in [1.165, 1.54) is 5.56 Å². The van der Waals surface area contributed by atoms with Crippen LogP contribution in [0.5, 0.6) is 5.88 Å². The number of hydrogen-bond donors (Lipinski definition) is 1. The summed E-state index contributed by atoms with van der Waals surface area (Å²) in [6.45, 7) is 6.40. The molecule has 0 atom stereocenters. The molecule has 0 aliphatic heterocycles. The van der Waals surface area contributed by atoms with Crippen molar-refractivity contribution in [3.63, 3.8) is 0 Å². The molecule has 142 valence electrons. The maximum Gasteiger partial charge on any atom is 0.423 e. The number of aromatic nitrogens is 2. The van der Waals surface area contributed by atoms with E-state index in [0.717, 1.165) is 19.0 Å². The van der Waals surface area contributed by atoms with Gasteiger partial charge < -0.3 is 10.1 Å². The van der Waals surface area contributed by atoms with Crippen LogP contribution in [0.3, 0.4) is 0 Å². The number of anilines is 2. The van der Waals surface area contributed by atoms with Gasteiger partial charge in [-0.3, -0.25) is 0 Å². The Balaban J connectivity index is 2.17. The molecule has 2 rings (SSSR count). The van der Waals surface area contributed by atoms with Crippen molar-refractivity contribution in [1.29, 1.82) is 0 Å². The van der Waals surface area contributed by atoms with Gasteiger partial charge in [0.1, 0.15) is 5.56 Å². The number of nitrogens with zero attached hydrogens (tertiary/aromatic N) is 2. The third-order valence-corrected chi connectivity index (χ3v) is 3.65. The zero-order valence-electron chi connectivity index (χ0n) is 15.2. The molecular formula is C19H24F3N3O. The SMILES string of the molecule is CCCCOc1nc(Nc2ccc(CC(C)C)cc2)ncc1C(F)(F)F. The number of alkyl halides is 3. The van der Waals surface area contributed by atoms with Crippen LogP contribution < -0.4 is 10.1 Å². The standard InChI is InChI=1S/C19H24F3N3O/c1-4-5-10-26-17-16(19(20,21)22)12-23-18(25-17)24-15-8-6-14(7-9-15)11-13(2)3/h6-9,12-13H,4-5,10-11H2,1-3H3,(H,23,24,25). The lowest BCUT2D eigenvalue weighted by molar-refractivity contribution is -0.139. The van der Waals surface area contributed by atoms with Gasteiger partial charge in [-0.2, -0.15) is 18.2 Å². The second-order valence-corrected chi connectivity index (χ2v) is 6.53. The Hall–Kier alpha value is -2.31. The summed E-state index contributed by atoms with van der Waals surface area (Å²) < 4.78 is 44.5. The van der Waals surface area contributed by atoms with E-state index in [1.54, 1.807) is 0 Å². The molecular weight excluding hydrogens is 343 g/mol. The number of unbranched alkanes of at least 4 members (excludes halogenated alkanes) is 1. The predicted octanol–water partition coefficient (Wildman–Crippen LogP) is 5.62. The summed E-state index contributed by atoms with van der Waals surface area (Å²) in [6, 6.07) is 7.67. The van der Waals surface area contributed by atoms with E-state index in [9.17, 15) is 13.2 Å². The predicted molar refractivity (Wildman–Crippen MR) is 95.7 cm³/mol. The first kappa shape index (κ1) is 20.0. The molecule has 4 nitrogen and oxygen atoms in total. The second kappa shape index (κ2) is 8.87. The lowest BCUT2D eigenvalue weighted by Crippen LogP contribution is -2.13. The zero-order chi connectivity index (χ0) is 19.2. The molecule has 1 N–H and O–H groups in total. The number of hydrogen-bond acceptors (Lipinski definition) is 4. The molecule has 1 aromatic heterocycles. The summed E-state index contributed by atoms with van der Waals surface area (Å²) in [5.41, 5.74) is 0.936. The van der Waals surface area contributed by atoms with Gasteiger partial charge in [0.25, 0.3) is 0 Å². The molecule has 0 aliphatic rings. The van der Waals surface area contributed by atoms with E-state index < -0.39 is 17.6 Å². The van der Waals surface area contributed by atoms with Crippen LogP contribution in [-0.2, 0) is 12.6 Å². The van der Waals surface area contributed by atoms with Gasteiger partial charge in [0.05, 0.1) is 6.61 Å². The van der Waals surface area contributed by atoms with E-state index in [0.29, 0.717) is 18.0 Å². The largest absolute Gasteiger partial charge is 0.477 e. The minimum atomic E-state index is -4.56. The van der Waals surface area contributed by atoms with Crippen LogP contribution >= 0.6 is 0 Å². The molecule has 0 spiro atoms. The van der Waals surface area contributed by atoms with Crippen LogP contribution in [0, 0.1) is 5.92 Å². The van der Waals surface area contributed by atoms with Gasteiger partial charge in [0.2, 0.25) is 11.8 Å². The first-order valence-corrected chi connectivity index (χ1v) is 8.72. The average molecular weight is 367 g/mol. The van der Waals surface area contributed by atoms with Crippen molar-refractivity contribution < 1.29 is 17.9 Å². The van der Waals surface area contributed by atoms with E-state index >= 15 is 0 Å². The monoisotopic (exact) mass is 367 g/mol. The molecule has 7 heteroatoms. The van der Waals surface area contributed by atoms with E-state index in [-0.39, 0.29) is 12.6 Å². The molecule has 0 fully saturated rings. The summed E-state index contributed by atoms with van der Waals surface area (Å²) in [5, 5.41) is 2.92. The van der Waals surface area contributed by atoms with Gasteiger partial charge in [-0.25, -0.2) is 4.98 Å². The molecule has 1 heterocycles. The summed E-state index contributed by atoms with van der Waals surface area (Å²) in [7, 11) is 0. The first-order valence-electron chi connectivity index (χ1n) is 8.72. The lowest BCUT2D eigenvalue weighted by atomic mass is 10.0. The Morgan fingerprint density at radius 2 is 1.85 bits per heavy atom. The maximum absolute atomic E-state index is 13.1. The van der Waals surface area contributed by atoms with Gasteiger partial charge in [0, 0.05) is 11.9 Å². The van der Waals surface area contributed by atoms with Crippen LogP contribution in [-0.4, -0.2) is 16.6 Å². The maximum atomic E-state index is 13.1. The van der Waals surface area contributed by atoms with Crippen molar-refractivity contribution in [1.82, 2.24) is 9.97 Å². The third-order valence-electron chi connectivity index (χ3n) is 3.65. The Bertz CT molecular complexity index is 700. The molecule has 0 amide bonds. The summed E-state index contributed by atoms with van der Waals surface area (Å²) in [4.78, 5) is 7.69.